The molecule has 1 aliphatic rings. The number of aryl methyl sites for hydroxylation is 1. The van der Waals surface area contributed by atoms with Crippen LogP contribution in [0.15, 0.2) is 40.9 Å². The molecule has 0 fully saturated rings. The molecule has 3 nitrogen and oxygen atoms in total. The van der Waals surface area contributed by atoms with Crippen LogP contribution in [-0.2, 0) is 11.2 Å². The van der Waals surface area contributed by atoms with Gasteiger partial charge < -0.3 is 10.1 Å². The molecule has 1 N–H and O–H groups in total. The number of amides is 1. The molecule has 0 radical (unpaired) electrons. The highest BCUT2D eigenvalue weighted by molar-refractivity contribution is 9.10. The van der Waals surface area contributed by atoms with Gasteiger partial charge >= 0.3 is 0 Å². The third-order valence-electron chi connectivity index (χ3n) is 3.83. The molecule has 3 rings (SSSR count). The summed E-state index contributed by atoms with van der Waals surface area (Å²) in [5, 5.41) is 2.96. The summed E-state index contributed by atoms with van der Waals surface area (Å²) in [6.07, 6.45) is 0.653. The van der Waals surface area contributed by atoms with Gasteiger partial charge in [-0.1, -0.05) is 33.6 Å². The molecule has 4 heteroatoms. The molecule has 1 aliphatic heterocycles. The lowest BCUT2D eigenvalue weighted by Gasteiger charge is -2.12. The first kappa shape index (κ1) is 14.1. The van der Waals surface area contributed by atoms with Crippen LogP contribution in [0.1, 0.15) is 22.6 Å². The third-order valence-corrected chi connectivity index (χ3v) is 4.61. The van der Waals surface area contributed by atoms with Crippen molar-refractivity contribution < 1.29 is 9.53 Å². The highest BCUT2D eigenvalue weighted by Crippen LogP contribution is 2.37. The standard InChI is InChI=1S/C17H16BrNO2/c1-10-3-6-16-13(7-10)14(17(20)19-16)9-11-8-12(21-2)4-5-15(11)18/h3-8,14H,9H2,1-2H3,(H,19,20)/t14-/m0/s1. The van der Waals surface area contributed by atoms with E-state index in [0.29, 0.717) is 6.42 Å². The molecule has 1 atom stereocenters. The van der Waals surface area contributed by atoms with Gasteiger partial charge in [0.2, 0.25) is 5.91 Å². The van der Waals surface area contributed by atoms with Crippen LogP contribution in [0, 0.1) is 6.92 Å². The third kappa shape index (κ3) is 2.68. The fourth-order valence-electron chi connectivity index (χ4n) is 2.70. The monoisotopic (exact) mass is 345 g/mol. The van der Waals surface area contributed by atoms with Gasteiger partial charge in [-0.05, 0) is 48.7 Å². The number of benzene rings is 2. The zero-order valence-electron chi connectivity index (χ0n) is 11.9. The highest BCUT2D eigenvalue weighted by atomic mass is 79.9. The number of carbonyl (C=O) groups excluding carboxylic acids is 1. The predicted octanol–water partition coefficient (Wildman–Crippen LogP) is 4.04. The summed E-state index contributed by atoms with van der Waals surface area (Å²) in [6, 6.07) is 11.9. The Bertz CT molecular complexity index is 712. The molecule has 0 aromatic heterocycles. The Hall–Kier alpha value is -1.81. The van der Waals surface area contributed by atoms with Crippen LogP contribution in [0.5, 0.6) is 5.75 Å². The van der Waals surface area contributed by atoms with Crippen molar-refractivity contribution in [2.45, 2.75) is 19.3 Å². The summed E-state index contributed by atoms with van der Waals surface area (Å²) in [6.45, 7) is 2.04. The van der Waals surface area contributed by atoms with Crippen molar-refractivity contribution in [1.82, 2.24) is 0 Å². The average molecular weight is 346 g/mol. The summed E-state index contributed by atoms with van der Waals surface area (Å²) < 4.78 is 6.27. The summed E-state index contributed by atoms with van der Waals surface area (Å²) in [5.41, 5.74) is 4.24. The second kappa shape index (κ2) is 5.53. The van der Waals surface area contributed by atoms with Crippen LogP contribution < -0.4 is 10.1 Å². The van der Waals surface area contributed by atoms with Crippen molar-refractivity contribution in [2.24, 2.45) is 0 Å². The number of nitrogens with one attached hydrogen (secondary N) is 1. The Morgan fingerprint density at radius 2 is 2.05 bits per heavy atom. The Morgan fingerprint density at radius 1 is 1.24 bits per heavy atom. The lowest BCUT2D eigenvalue weighted by molar-refractivity contribution is -0.117. The molecule has 108 valence electrons. The molecule has 1 heterocycles. The minimum atomic E-state index is -0.150. The van der Waals surface area contributed by atoms with E-state index in [4.69, 9.17) is 4.74 Å². The van der Waals surface area contributed by atoms with Gasteiger partial charge in [0.15, 0.2) is 0 Å². The number of hydrogen-bond donors (Lipinski definition) is 1. The van der Waals surface area contributed by atoms with E-state index in [9.17, 15) is 4.79 Å². The van der Waals surface area contributed by atoms with Crippen LogP contribution in [0.4, 0.5) is 5.69 Å². The van der Waals surface area contributed by atoms with E-state index in [2.05, 4.69) is 27.3 Å². The van der Waals surface area contributed by atoms with Gasteiger partial charge in [-0.25, -0.2) is 0 Å². The van der Waals surface area contributed by atoms with Crippen molar-refractivity contribution in [2.75, 3.05) is 12.4 Å². The first-order chi connectivity index (χ1) is 10.1. The number of methoxy groups -OCH3 is 1. The van der Waals surface area contributed by atoms with Crippen molar-refractivity contribution in [1.29, 1.82) is 0 Å². The number of halogens is 1. The second-order valence-electron chi connectivity index (χ2n) is 5.29. The van der Waals surface area contributed by atoms with E-state index in [1.165, 1.54) is 5.56 Å². The summed E-state index contributed by atoms with van der Waals surface area (Å²) in [7, 11) is 1.65. The zero-order valence-corrected chi connectivity index (χ0v) is 13.5. The maximum atomic E-state index is 12.3. The number of carbonyl (C=O) groups is 1. The first-order valence-electron chi connectivity index (χ1n) is 6.82. The fourth-order valence-corrected chi connectivity index (χ4v) is 3.11. The van der Waals surface area contributed by atoms with Gasteiger partial charge in [-0.3, -0.25) is 4.79 Å². The maximum absolute atomic E-state index is 12.3. The topological polar surface area (TPSA) is 38.3 Å². The van der Waals surface area contributed by atoms with Crippen LogP contribution in [0.25, 0.3) is 0 Å². The van der Waals surface area contributed by atoms with Crippen molar-refractivity contribution in [3.8, 4) is 5.75 Å². The maximum Gasteiger partial charge on any atom is 0.232 e. The molecular formula is C17H16BrNO2. The SMILES string of the molecule is COc1ccc(Br)c(C[C@@H]2C(=O)Nc3ccc(C)cc32)c1. The van der Waals surface area contributed by atoms with E-state index < -0.39 is 0 Å². The van der Waals surface area contributed by atoms with E-state index >= 15 is 0 Å². The van der Waals surface area contributed by atoms with Crippen LogP contribution in [0.3, 0.4) is 0 Å². The van der Waals surface area contributed by atoms with Crippen LogP contribution in [-0.4, -0.2) is 13.0 Å². The number of hydrogen-bond acceptors (Lipinski definition) is 2. The largest absolute Gasteiger partial charge is 0.497 e. The normalized spacial score (nSPS) is 16.5. The molecule has 1 amide bonds. The molecule has 0 saturated carbocycles. The van der Waals surface area contributed by atoms with Gasteiger partial charge in [0.25, 0.3) is 0 Å². The molecular weight excluding hydrogens is 330 g/mol. The average Bonchev–Trinajstić information content (AvgIpc) is 2.77. The van der Waals surface area contributed by atoms with Gasteiger partial charge in [0, 0.05) is 10.2 Å². The number of fused-ring (bicyclic) bond motifs is 1. The number of ether oxygens (including phenoxy) is 1. The summed E-state index contributed by atoms with van der Waals surface area (Å²) >= 11 is 3.55. The van der Waals surface area contributed by atoms with Crippen molar-refractivity contribution in [3.05, 3.63) is 57.6 Å². The quantitative estimate of drug-likeness (QED) is 0.911. The van der Waals surface area contributed by atoms with Crippen molar-refractivity contribution in [3.63, 3.8) is 0 Å². The minimum Gasteiger partial charge on any atom is -0.497 e. The van der Waals surface area contributed by atoms with Gasteiger partial charge in [0.1, 0.15) is 5.75 Å². The van der Waals surface area contributed by atoms with E-state index in [-0.39, 0.29) is 11.8 Å². The van der Waals surface area contributed by atoms with Gasteiger partial charge in [-0.2, -0.15) is 0 Å². The highest BCUT2D eigenvalue weighted by Gasteiger charge is 2.31. The Balaban J connectivity index is 1.96. The Morgan fingerprint density at radius 3 is 2.81 bits per heavy atom. The van der Waals surface area contributed by atoms with Crippen LogP contribution >= 0.6 is 15.9 Å². The Kier molecular flexibility index (Phi) is 3.72. The smallest absolute Gasteiger partial charge is 0.232 e. The first-order valence-corrected chi connectivity index (χ1v) is 7.61. The molecule has 2 aromatic rings. The minimum absolute atomic E-state index is 0.0605. The Labute approximate surface area is 132 Å². The summed E-state index contributed by atoms with van der Waals surface area (Å²) in [5.74, 6) is 0.713. The zero-order chi connectivity index (χ0) is 15.0. The molecule has 0 unspecified atom stereocenters. The molecule has 0 spiro atoms. The lowest BCUT2D eigenvalue weighted by atomic mass is 9.92. The molecule has 21 heavy (non-hydrogen) atoms. The van der Waals surface area contributed by atoms with Gasteiger partial charge in [0.05, 0.1) is 13.0 Å². The van der Waals surface area contributed by atoms with Gasteiger partial charge in [-0.15, -0.1) is 0 Å². The fraction of sp³-hybridized carbons (Fsp3) is 0.235. The number of rotatable bonds is 3. The molecule has 0 saturated heterocycles. The summed E-state index contributed by atoms with van der Waals surface area (Å²) in [4.78, 5) is 12.3. The van der Waals surface area contributed by atoms with E-state index in [0.717, 1.165) is 27.0 Å². The molecule has 0 bridgehead atoms. The molecule has 0 aliphatic carbocycles. The van der Waals surface area contributed by atoms with E-state index in [1.807, 2.05) is 37.3 Å². The predicted molar refractivity (Wildman–Crippen MR) is 86.9 cm³/mol. The molecule has 2 aromatic carbocycles. The number of anilines is 1. The van der Waals surface area contributed by atoms with Crippen LogP contribution in [0.2, 0.25) is 0 Å². The van der Waals surface area contributed by atoms with E-state index in [1.54, 1.807) is 7.11 Å². The van der Waals surface area contributed by atoms with Crippen molar-refractivity contribution >= 4 is 27.5 Å². The lowest BCUT2D eigenvalue weighted by Crippen LogP contribution is -2.14. The second-order valence-corrected chi connectivity index (χ2v) is 6.15.